The molecule has 0 unspecified atom stereocenters. The van der Waals surface area contributed by atoms with Gasteiger partial charge < -0.3 is 15.4 Å². The highest BCUT2D eigenvalue weighted by molar-refractivity contribution is 6.30. The monoisotopic (exact) mass is 370 g/mol. The van der Waals surface area contributed by atoms with E-state index in [1.54, 1.807) is 60.1 Å². The van der Waals surface area contributed by atoms with E-state index in [0.29, 0.717) is 28.5 Å². The number of hydrogen-bond donors (Lipinski definition) is 1. The van der Waals surface area contributed by atoms with Crippen molar-refractivity contribution in [2.24, 2.45) is 0 Å². The summed E-state index contributed by atoms with van der Waals surface area (Å²) in [4.78, 5) is 22.5. The molecule has 0 bridgehead atoms. The van der Waals surface area contributed by atoms with Crippen LogP contribution in [0.25, 0.3) is 0 Å². The summed E-state index contributed by atoms with van der Waals surface area (Å²) < 4.78 is 1.55. The fourth-order valence-electron chi connectivity index (χ4n) is 2.45. The number of nitrogens with one attached hydrogen (secondary N) is 1. The van der Waals surface area contributed by atoms with Crippen LogP contribution in [-0.4, -0.2) is 20.6 Å². The number of anilines is 1. The summed E-state index contributed by atoms with van der Waals surface area (Å²) in [7, 11) is 0. The number of nitrogens with zero attached hydrogens (tertiary/aromatic N) is 3. The number of carbonyl (C=O) groups is 1. The molecule has 3 rings (SSSR count). The highest BCUT2D eigenvalue weighted by Crippen LogP contribution is 2.17. The van der Waals surface area contributed by atoms with E-state index in [0.717, 1.165) is 5.56 Å². The van der Waals surface area contributed by atoms with Crippen LogP contribution in [0.5, 0.6) is 0 Å². The second kappa shape index (κ2) is 7.37. The van der Waals surface area contributed by atoms with Gasteiger partial charge in [-0.25, -0.2) is 0 Å². The molecule has 0 radical (unpaired) electrons. The number of nitro groups is 1. The van der Waals surface area contributed by atoms with Crippen LogP contribution in [0.4, 0.5) is 11.5 Å². The van der Waals surface area contributed by atoms with Crippen molar-refractivity contribution in [1.82, 2.24) is 9.78 Å². The van der Waals surface area contributed by atoms with E-state index in [1.807, 2.05) is 0 Å². The van der Waals surface area contributed by atoms with Crippen molar-refractivity contribution < 1.29 is 9.72 Å². The second-order valence-corrected chi connectivity index (χ2v) is 6.16. The van der Waals surface area contributed by atoms with Gasteiger partial charge in [-0.05, 0) is 47.7 Å². The van der Waals surface area contributed by atoms with Crippen LogP contribution in [0.1, 0.15) is 21.6 Å². The van der Waals surface area contributed by atoms with Gasteiger partial charge in [0.05, 0.1) is 23.4 Å². The first kappa shape index (κ1) is 17.6. The van der Waals surface area contributed by atoms with Crippen molar-refractivity contribution in [2.75, 3.05) is 5.32 Å². The molecule has 2 aromatic carbocycles. The quantitative estimate of drug-likeness (QED) is 0.541. The average molecular weight is 371 g/mol. The molecule has 0 aliphatic rings. The third-order valence-electron chi connectivity index (χ3n) is 3.79. The number of benzene rings is 2. The SMILES string of the molecule is Cc1cc([N+](=O)[O-])nn1Cc1ccc(C(=O)Nc2cccc(Cl)c2)cc1. The third-order valence-corrected chi connectivity index (χ3v) is 4.02. The number of carbonyl (C=O) groups excluding carboxylic acids is 1. The number of rotatable bonds is 5. The Labute approximate surface area is 154 Å². The minimum atomic E-state index is -0.521. The Balaban J connectivity index is 1.70. The van der Waals surface area contributed by atoms with E-state index in [2.05, 4.69) is 10.4 Å². The lowest BCUT2D eigenvalue weighted by Crippen LogP contribution is -2.12. The van der Waals surface area contributed by atoms with Gasteiger partial charge >= 0.3 is 5.82 Å². The van der Waals surface area contributed by atoms with Crippen molar-refractivity contribution in [3.05, 3.63) is 86.6 Å². The molecule has 132 valence electrons. The fraction of sp³-hybridized carbons (Fsp3) is 0.111. The fourth-order valence-corrected chi connectivity index (χ4v) is 2.64. The smallest absolute Gasteiger partial charge is 0.358 e. The summed E-state index contributed by atoms with van der Waals surface area (Å²) in [5.41, 5.74) is 2.69. The van der Waals surface area contributed by atoms with Gasteiger partial charge in [0.25, 0.3) is 5.91 Å². The molecular formula is C18H15ClN4O3. The molecule has 0 fully saturated rings. The van der Waals surface area contributed by atoms with Crippen molar-refractivity contribution in [3.8, 4) is 0 Å². The van der Waals surface area contributed by atoms with Gasteiger partial charge in [0.15, 0.2) is 0 Å². The van der Waals surface area contributed by atoms with Crippen LogP contribution in [0.15, 0.2) is 54.6 Å². The van der Waals surface area contributed by atoms with Gasteiger partial charge in [-0.2, -0.15) is 4.68 Å². The third kappa shape index (κ3) is 4.07. The molecule has 1 amide bonds. The Morgan fingerprint density at radius 2 is 1.96 bits per heavy atom. The first-order valence-corrected chi connectivity index (χ1v) is 8.15. The van der Waals surface area contributed by atoms with E-state index in [9.17, 15) is 14.9 Å². The summed E-state index contributed by atoms with van der Waals surface area (Å²) in [6.45, 7) is 2.14. The van der Waals surface area contributed by atoms with Crippen LogP contribution in [0, 0.1) is 17.0 Å². The Bertz CT molecular complexity index is 967. The number of halogens is 1. The Kier molecular flexibility index (Phi) is 4.99. The molecule has 0 aliphatic heterocycles. The van der Waals surface area contributed by atoms with E-state index < -0.39 is 4.92 Å². The molecule has 3 aromatic rings. The largest absolute Gasteiger partial charge is 0.390 e. The number of amides is 1. The van der Waals surface area contributed by atoms with Crippen LogP contribution in [-0.2, 0) is 6.54 Å². The lowest BCUT2D eigenvalue weighted by molar-refractivity contribution is -0.389. The van der Waals surface area contributed by atoms with Gasteiger partial charge in [-0.15, -0.1) is 0 Å². The van der Waals surface area contributed by atoms with E-state index in [4.69, 9.17) is 11.6 Å². The lowest BCUT2D eigenvalue weighted by Gasteiger charge is -2.07. The molecule has 1 aromatic heterocycles. The highest BCUT2D eigenvalue weighted by Gasteiger charge is 2.15. The topological polar surface area (TPSA) is 90.1 Å². The molecule has 0 saturated carbocycles. The summed E-state index contributed by atoms with van der Waals surface area (Å²) in [6.07, 6.45) is 0. The maximum absolute atomic E-state index is 12.3. The first-order valence-electron chi connectivity index (χ1n) is 7.77. The van der Waals surface area contributed by atoms with Gasteiger partial charge in [0, 0.05) is 16.3 Å². The molecule has 0 aliphatic carbocycles. The van der Waals surface area contributed by atoms with E-state index >= 15 is 0 Å². The maximum Gasteiger partial charge on any atom is 0.390 e. The number of hydrogen-bond acceptors (Lipinski definition) is 4. The molecule has 0 saturated heterocycles. The van der Waals surface area contributed by atoms with Crippen molar-refractivity contribution in [2.45, 2.75) is 13.5 Å². The maximum atomic E-state index is 12.3. The van der Waals surface area contributed by atoms with Crippen LogP contribution >= 0.6 is 11.6 Å². The average Bonchev–Trinajstić information content (AvgIpc) is 2.96. The van der Waals surface area contributed by atoms with Gasteiger partial charge in [-0.1, -0.05) is 29.8 Å². The first-order chi connectivity index (χ1) is 12.4. The van der Waals surface area contributed by atoms with E-state index in [1.165, 1.54) is 6.07 Å². The van der Waals surface area contributed by atoms with Crippen LogP contribution in [0.2, 0.25) is 5.02 Å². The summed E-state index contributed by atoms with van der Waals surface area (Å²) in [6, 6.07) is 15.3. The molecule has 1 heterocycles. The summed E-state index contributed by atoms with van der Waals surface area (Å²) >= 11 is 5.90. The number of aryl methyl sites for hydroxylation is 1. The predicted molar refractivity (Wildman–Crippen MR) is 98.6 cm³/mol. The molecular weight excluding hydrogens is 356 g/mol. The standard InChI is InChI=1S/C18H15ClN4O3/c1-12-9-17(23(25)26)21-22(12)11-13-5-7-14(8-6-13)18(24)20-16-4-2-3-15(19)10-16/h2-10H,11H2,1H3,(H,20,24). The molecule has 8 heteroatoms. The summed E-state index contributed by atoms with van der Waals surface area (Å²) in [5, 5.41) is 18.1. The van der Waals surface area contributed by atoms with E-state index in [-0.39, 0.29) is 11.7 Å². The highest BCUT2D eigenvalue weighted by atomic mass is 35.5. The molecule has 26 heavy (non-hydrogen) atoms. The zero-order chi connectivity index (χ0) is 18.7. The number of aromatic nitrogens is 2. The zero-order valence-corrected chi connectivity index (χ0v) is 14.6. The Morgan fingerprint density at radius 1 is 1.23 bits per heavy atom. The predicted octanol–water partition coefficient (Wildman–Crippen LogP) is 4.05. The molecule has 1 N–H and O–H groups in total. The minimum Gasteiger partial charge on any atom is -0.358 e. The Hall–Kier alpha value is -3.19. The molecule has 7 nitrogen and oxygen atoms in total. The second-order valence-electron chi connectivity index (χ2n) is 5.72. The van der Waals surface area contributed by atoms with Gasteiger partial charge in [0.1, 0.15) is 0 Å². The molecule has 0 atom stereocenters. The van der Waals surface area contributed by atoms with Crippen molar-refractivity contribution >= 4 is 29.0 Å². The normalized spacial score (nSPS) is 10.5. The van der Waals surface area contributed by atoms with Crippen molar-refractivity contribution in [1.29, 1.82) is 0 Å². The Morgan fingerprint density at radius 3 is 2.58 bits per heavy atom. The van der Waals surface area contributed by atoms with Gasteiger partial charge in [-0.3, -0.25) is 4.79 Å². The van der Waals surface area contributed by atoms with Crippen molar-refractivity contribution in [3.63, 3.8) is 0 Å². The lowest BCUT2D eigenvalue weighted by atomic mass is 10.1. The minimum absolute atomic E-state index is 0.181. The summed E-state index contributed by atoms with van der Waals surface area (Å²) in [5.74, 6) is -0.426. The van der Waals surface area contributed by atoms with Crippen LogP contribution in [0.3, 0.4) is 0 Å². The zero-order valence-electron chi connectivity index (χ0n) is 13.8. The van der Waals surface area contributed by atoms with Crippen LogP contribution < -0.4 is 5.32 Å². The molecule has 0 spiro atoms. The van der Waals surface area contributed by atoms with Gasteiger partial charge in [0.2, 0.25) is 0 Å².